The lowest BCUT2D eigenvalue weighted by Gasteiger charge is -2.35. The number of morpholine rings is 1. The van der Waals surface area contributed by atoms with Crippen LogP contribution in [0.2, 0.25) is 0 Å². The van der Waals surface area contributed by atoms with Gasteiger partial charge in [-0.25, -0.2) is 4.39 Å². The summed E-state index contributed by atoms with van der Waals surface area (Å²) >= 11 is 0. The highest BCUT2D eigenvalue weighted by Gasteiger charge is 2.25. The molecule has 2 aliphatic heterocycles. The standard InChI is InChI=1S/C23H28FN3O2/c1-26-9-8-19-15-18(4-7-21(19)26)22(27-10-12-29-13-11-27)16-25-23(28)14-17-2-5-20(24)6-3-17/h2-7,15,22H,8-14,16H2,1H3,(H,25,28). The summed E-state index contributed by atoms with van der Waals surface area (Å²) < 4.78 is 18.6. The number of hydrogen-bond acceptors (Lipinski definition) is 4. The van der Waals surface area contributed by atoms with E-state index in [4.69, 9.17) is 4.74 Å². The number of halogens is 1. The summed E-state index contributed by atoms with van der Waals surface area (Å²) in [5.41, 5.74) is 4.73. The Morgan fingerprint density at radius 2 is 1.90 bits per heavy atom. The first-order valence-corrected chi connectivity index (χ1v) is 10.3. The van der Waals surface area contributed by atoms with Crippen molar-refractivity contribution in [1.29, 1.82) is 0 Å². The SMILES string of the molecule is CN1CCc2cc(C(CNC(=O)Cc3ccc(F)cc3)N3CCOCC3)ccc21. The molecule has 1 unspecified atom stereocenters. The molecule has 2 aromatic rings. The number of anilines is 1. The van der Waals surface area contributed by atoms with Gasteiger partial charge in [-0.1, -0.05) is 24.3 Å². The first kappa shape index (κ1) is 19.9. The van der Waals surface area contributed by atoms with Crippen molar-refractivity contribution in [3.8, 4) is 0 Å². The maximum Gasteiger partial charge on any atom is 0.224 e. The van der Waals surface area contributed by atoms with E-state index in [0.29, 0.717) is 19.8 Å². The Kier molecular flexibility index (Phi) is 6.11. The molecular weight excluding hydrogens is 369 g/mol. The summed E-state index contributed by atoms with van der Waals surface area (Å²) in [5.74, 6) is -0.334. The second kappa shape index (κ2) is 8.93. The fourth-order valence-corrected chi connectivity index (χ4v) is 4.20. The van der Waals surface area contributed by atoms with E-state index < -0.39 is 0 Å². The molecule has 0 aliphatic carbocycles. The van der Waals surface area contributed by atoms with E-state index in [0.717, 1.165) is 31.6 Å². The van der Waals surface area contributed by atoms with E-state index in [9.17, 15) is 9.18 Å². The normalized spacial score (nSPS) is 17.8. The Balaban J connectivity index is 1.46. The number of hydrogen-bond donors (Lipinski definition) is 1. The number of amides is 1. The fraction of sp³-hybridized carbons (Fsp3) is 0.435. The number of fused-ring (bicyclic) bond motifs is 1. The number of likely N-dealkylation sites (N-methyl/N-ethyl adjacent to an activating group) is 1. The van der Waals surface area contributed by atoms with Crippen LogP contribution >= 0.6 is 0 Å². The van der Waals surface area contributed by atoms with E-state index >= 15 is 0 Å². The number of nitrogens with zero attached hydrogens (tertiary/aromatic N) is 2. The Morgan fingerprint density at radius 3 is 2.66 bits per heavy atom. The van der Waals surface area contributed by atoms with Crippen molar-refractivity contribution in [2.24, 2.45) is 0 Å². The molecule has 29 heavy (non-hydrogen) atoms. The van der Waals surface area contributed by atoms with Gasteiger partial charge in [-0.2, -0.15) is 0 Å². The molecular formula is C23H28FN3O2. The van der Waals surface area contributed by atoms with Crippen LogP contribution in [0, 0.1) is 5.82 Å². The number of carbonyl (C=O) groups excluding carboxylic acids is 1. The molecule has 0 radical (unpaired) electrons. The number of benzene rings is 2. The Morgan fingerprint density at radius 1 is 1.14 bits per heavy atom. The van der Waals surface area contributed by atoms with E-state index in [1.807, 2.05) is 0 Å². The zero-order valence-electron chi connectivity index (χ0n) is 16.9. The summed E-state index contributed by atoms with van der Waals surface area (Å²) in [6.45, 7) is 4.75. The first-order chi connectivity index (χ1) is 14.1. The minimum Gasteiger partial charge on any atom is -0.379 e. The average Bonchev–Trinajstić information content (AvgIpc) is 3.11. The molecule has 2 heterocycles. The monoisotopic (exact) mass is 397 g/mol. The van der Waals surface area contributed by atoms with Gasteiger partial charge in [-0.15, -0.1) is 0 Å². The van der Waals surface area contributed by atoms with E-state index in [1.165, 1.54) is 28.9 Å². The van der Waals surface area contributed by atoms with Gasteiger partial charge in [0, 0.05) is 38.9 Å². The third-order valence-electron chi connectivity index (χ3n) is 5.87. The van der Waals surface area contributed by atoms with Crippen molar-refractivity contribution in [2.75, 3.05) is 51.3 Å². The Hall–Kier alpha value is -2.44. The lowest BCUT2D eigenvalue weighted by molar-refractivity contribution is -0.120. The molecule has 2 aromatic carbocycles. The minimum atomic E-state index is -0.288. The number of nitrogens with one attached hydrogen (secondary N) is 1. The molecule has 0 spiro atoms. The lowest BCUT2D eigenvalue weighted by atomic mass is 10.00. The van der Waals surface area contributed by atoms with Crippen LogP contribution in [0.1, 0.15) is 22.7 Å². The maximum absolute atomic E-state index is 13.1. The van der Waals surface area contributed by atoms with Crippen LogP contribution in [-0.2, 0) is 22.4 Å². The second-order valence-electron chi connectivity index (χ2n) is 7.83. The van der Waals surface area contributed by atoms with Crippen molar-refractivity contribution in [1.82, 2.24) is 10.2 Å². The predicted octanol–water partition coefficient (Wildman–Crippen LogP) is 2.55. The highest BCUT2D eigenvalue weighted by molar-refractivity contribution is 5.78. The van der Waals surface area contributed by atoms with Gasteiger partial charge in [0.2, 0.25) is 5.91 Å². The molecule has 1 fully saturated rings. The average molecular weight is 397 g/mol. The largest absolute Gasteiger partial charge is 0.379 e. The van der Waals surface area contributed by atoms with Crippen molar-refractivity contribution in [2.45, 2.75) is 18.9 Å². The van der Waals surface area contributed by atoms with Crippen LogP contribution in [-0.4, -0.2) is 57.2 Å². The molecule has 4 rings (SSSR count). The van der Waals surface area contributed by atoms with Crippen LogP contribution in [0.25, 0.3) is 0 Å². The Labute approximate surface area is 171 Å². The molecule has 5 nitrogen and oxygen atoms in total. The Bertz CT molecular complexity index is 850. The van der Waals surface area contributed by atoms with E-state index in [1.54, 1.807) is 12.1 Å². The maximum atomic E-state index is 13.1. The molecule has 1 amide bonds. The highest BCUT2D eigenvalue weighted by atomic mass is 19.1. The molecule has 6 heteroatoms. The van der Waals surface area contributed by atoms with Crippen molar-refractivity contribution in [3.05, 3.63) is 65.0 Å². The van der Waals surface area contributed by atoms with Gasteiger partial charge in [0.1, 0.15) is 5.82 Å². The van der Waals surface area contributed by atoms with Gasteiger partial charge in [-0.05, 0) is 41.3 Å². The number of rotatable bonds is 6. The topological polar surface area (TPSA) is 44.8 Å². The van der Waals surface area contributed by atoms with E-state index in [2.05, 4.69) is 40.4 Å². The van der Waals surface area contributed by atoms with Gasteiger partial charge in [-0.3, -0.25) is 9.69 Å². The van der Waals surface area contributed by atoms with Crippen LogP contribution in [0.3, 0.4) is 0 Å². The highest BCUT2D eigenvalue weighted by Crippen LogP contribution is 2.31. The quantitative estimate of drug-likeness (QED) is 0.814. The smallest absolute Gasteiger partial charge is 0.224 e. The van der Waals surface area contributed by atoms with Gasteiger partial charge < -0.3 is 15.0 Å². The zero-order valence-corrected chi connectivity index (χ0v) is 16.9. The van der Waals surface area contributed by atoms with Gasteiger partial charge in [0.15, 0.2) is 0 Å². The molecule has 2 aliphatic rings. The van der Waals surface area contributed by atoms with Crippen molar-refractivity contribution in [3.63, 3.8) is 0 Å². The predicted molar refractivity (Wildman–Crippen MR) is 112 cm³/mol. The lowest BCUT2D eigenvalue weighted by Crippen LogP contribution is -2.44. The third kappa shape index (κ3) is 4.77. The van der Waals surface area contributed by atoms with Gasteiger partial charge >= 0.3 is 0 Å². The summed E-state index contributed by atoms with van der Waals surface area (Å²) in [5, 5.41) is 3.09. The molecule has 0 saturated carbocycles. The first-order valence-electron chi connectivity index (χ1n) is 10.3. The summed E-state index contributed by atoms with van der Waals surface area (Å²) in [4.78, 5) is 17.2. The fourth-order valence-electron chi connectivity index (χ4n) is 4.20. The molecule has 1 saturated heterocycles. The second-order valence-corrected chi connectivity index (χ2v) is 7.83. The number of carbonyl (C=O) groups is 1. The molecule has 1 atom stereocenters. The molecule has 0 aromatic heterocycles. The van der Waals surface area contributed by atoms with Gasteiger partial charge in [0.05, 0.1) is 25.7 Å². The summed E-state index contributed by atoms with van der Waals surface area (Å²) in [6.07, 6.45) is 1.32. The zero-order chi connectivity index (χ0) is 20.2. The van der Waals surface area contributed by atoms with Crippen LogP contribution < -0.4 is 10.2 Å². The van der Waals surface area contributed by atoms with Gasteiger partial charge in [0.25, 0.3) is 0 Å². The summed E-state index contributed by atoms with van der Waals surface area (Å²) in [6, 6.07) is 12.9. The molecule has 1 N–H and O–H groups in total. The third-order valence-corrected chi connectivity index (χ3v) is 5.87. The minimum absolute atomic E-state index is 0.0456. The number of ether oxygens (including phenoxy) is 1. The van der Waals surface area contributed by atoms with E-state index in [-0.39, 0.29) is 24.2 Å². The molecule has 154 valence electrons. The van der Waals surface area contributed by atoms with Crippen LogP contribution in [0.5, 0.6) is 0 Å². The van der Waals surface area contributed by atoms with Crippen molar-refractivity contribution < 1.29 is 13.9 Å². The molecule has 0 bridgehead atoms. The van der Waals surface area contributed by atoms with Crippen LogP contribution in [0.4, 0.5) is 10.1 Å². The van der Waals surface area contributed by atoms with Crippen molar-refractivity contribution >= 4 is 11.6 Å². The summed E-state index contributed by atoms with van der Waals surface area (Å²) in [7, 11) is 2.13. The van der Waals surface area contributed by atoms with Crippen LogP contribution in [0.15, 0.2) is 42.5 Å².